The number of rotatable bonds is 8. The summed E-state index contributed by atoms with van der Waals surface area (Å²) in [5, 5.41) is 2.47. The highest BCUT2D eigenvalue weighted by Crippen LogP contribution is 2.41. The Morgan fingerprint density at radius 3 is 2.55 bits per heavy atom. The zero-order valence-electron chi connectivity index (χ0n) is 17.7. The standard InChI is InChI=1S/C23H21ClN2O6S/c1-30-15-9-7-14(8-10-15)11-32-23(29)20-17(24)13-33-22-19(21(28)26(20)22)25-18(27)12-31-16-5-3-2-4-6-16/h2-10,19,22H,11-13H2,1H3,(H,25,27)/t19?,22-/m1/s1. The number of methoxy groups -OCH3 is 1. The van der Waals surface area contributed by atoms with Crippen LogP contribution in [-0.2, 0) is 25.7 Å². The van der Waals surface area contributed by atoms with Crippen molar-refractivity contribution in [3.63, 3.8) is 0 Å². The molecule has 172 valence electrons. The van der Waals surface area contributed by atoms with Crippen LogP contribution in [0, 0.1) is 0 Å². The first-order valence-corrected chi connectivity index (χ1v) is 11.5. The van der Waals surface area contributed by atoms with Gasteiger partial charge in [0, 0.05) is 5.75 Å². The minimum atomic E-state index is -0.768. The summed E-state index contributed by atoms with van der Waals surface area (Å²) in [5.74, 6) is 0.0352. The third-order valence-corrected chi connectivity index (χ3v) is 6.82. The molecule has 0 radical (unpaired) electrons. The normalized spacial score (nSPS) is 19.3. The van der Waals surface area contributed by atoms with Crippen LogP contribution in [0.4, 0.5) is 0 Å². The first-order chi connectivity index (χ1) is 16.0. The Hall–Kier alpha value is -3.17. The van der Waals surface area contributed by atoms with Crippen molar-refractivity contribution < 1.29 is 28.6 Å². The zero-order chi connectivity index (χ0) is 23.4. The number of carbonyl (C=O) groups excluding carboxylic acids is 3. The van der Waals surface area contributed by atoms with Crippen molar-refractivity contribution in [2.75, 3.05) is 19.5 Å². The topological polar surface area (TPSA) is 94.2 Å². The largest absolute Gasteiger partial charge is 0.497 e. The minimum Gasteiger partial charge on any atom is -0.497 e. The molecule has 33 heavy (non-hydrogen) atoms. The quantitative estimate of drug-likeness (QED) is 0.451. The summed E-state index contributed by atoms with van der Waals surface area (Å²) in [6.07, 6.45) is 0. The smallest absolute Gasteiger partial charge is 0.356 e. The lowest BCUT2D eigenvalue weighted by atomic mass is 10.1. The van der Waals surface area contributed by atoms with Gasteiger partial charge in [-0.3, -0.25) is 14.5 Å². The zero-order valence-corrected chi connectivity index (χ0v) is 19.2. The van der Waals surface area contributed by atoms with Gasteiger partial charge in [0.2, 0.25) is 0 Å². The molecule has 1 fully saturated rings. The lowest BCUT2D eigenvalue weighted by Crippen LogP contribution is -2.70. The van der Waals surface area contributed by atoms with Crippen molar-refractivity contribution in [3.05, 3.63) is 70.9 Å². The number of carbonyl (C=O) groups is 3. The number of nitrogens with zero attached hydrogens (tertiary/aromatic N) is 1. The molecule has 0 bridgehead atoms. The summed E-state index contributed by atoms with van der Waals surface area (Å²) < 4.78 is 15.9. The van der Waals surface area contributed by atoms with Crippen molar-refractivity contribution in [1.29, 1.82) is 0 Å². The molecular formula is C23H21ClN2O6S. The van der Waals surface area contributed by atoms with E-state index in [1.807, 2.05) is 6.07 Å². The van der Waals surface area contributed by atoms with Crippen molar-refractivity contribution in [1.82, 2.24) is 10.2 Å². The van der Waals surface area contributed by atoms with Gasteiger partial charge in [0.1, 0.15) is 35.2 Å². The van der Waals surface area contributed by atoms with Crippen LogP contribution in [0.1, 0.15) is 5.56 Å². The molecule has 2 aromatic rings. The van der Waals surface area contributed by atoms with E-state index in [9.17, 15) is 14.4 Å². The van der Waals surface area contributed by atoms with E-state index in [-0.39, 0.29) is 23.9 Å². The number of esters is 1. The van der Waals surface area contributed by atoms with E-state index >= 15 is 0 Å². The molecule has 2 heterocycles. The average Bonchev–Trinajstić information content (AvgIpc) is 2.85. The third kappa shape index (κ3) is 5.09. The average molecular weight is 489 g/mol. The first kappa shape index (κ1) is 23.0. The number of β-lactam (4-membered cyclic amide) rings is 1. The van der Waals surface area contributed by atoms with E-state index < -0.39 is 29.2 Å². The number of halogens is 1. The summed E-state index contributed by atoms with van der Waals surface area (Å²) in [7, 11) is 1.57. The second kappa shape index (κ2) is 10.2. The Morgan fingerprint density at radius 2 is 1.85 bits per heavy atom. The summed E-state index contributed by atoms with van der Waals surface area (Å²) in [4.78, 5) is 39.0. The number of thioether (sulfide) groups is 1. The monoisotopic (exact) mass is 488 g/mol. The molecule has 1 unspecified atom stereocenters. The van der Waals surface area contributed by atoms with E-state index in [0.717, 1.165) is 5.56 Å². The van der Waals surface area contributed by atoms with Gasteiger partial charge < -0.3 is 19.5 Å². The molecule has 2 aromatic carbocycles. The molecule has 0 aromatic heterocycles. The number of benzene rings is 2. The van der Waals surface area contributed by atoms with E-state index in [0.29, 0.717) is 17.3 Å². The molecule has 4 rings (SSSR count). The molecule has 1 saturated heterocycles. The number of hydrogen-bond donors (Lipinski definition) is 1. The summed E-state index contributed by atoms with van der Waals surface area (Å²) in [5.41, 5.74) is 0.783. The van der Waals surface area contributed by atoms with Gasteiger partial charge in [-0.1, -0.05) is 41.9 Å². The molecular weight excluding hydrogens is 468 g/mol. The van der Waals surface area contributed by atoms with Crippen LogP contribution in [0.15, 0.2) is 65.3 Å². The molecule has 2 aliphatic heterocycles. The van der Waals surface area contributed by atoms with Crippen LogP contribution in [0.3, 0.4) is 0 Å². The molecule has 0 spiro atoms. The van der Waals surface area contributed by atoms with Crippen molar-refractivity contribution >= 4 is 41.1 Å². The van der Waals surface area contributed by atoms with Crippen LogP contribution >= 0.6 is 23.4 Å². The predicted octanol–water partition coefficient (Wildman–Crippen LogP) is 2.67. The number of hydrogen-bond acceptors (Lipinski definition) is 7. The maximum absolute atomic E-state index is 12.8. The Bertz CT molecular complexity index is 1080. The lowest BCUT2D eigenvalue weighted by molar-refractivity contribution is -0.153. The maximum Gasteiger partial charge on any atom is 0.356 e. The van der Waals surface area contributed by atoms with Gasteiger partial charge in [0.05, 0.1) is 12.1 Å². The maximum atomic E-state index is 12.8. The van der Waals surface area contributed by atoms with Crippen molar-refractivity contribution in [3.8, 4) is 11.5 Å². The number of fused-ring (bicyclic) bond motifs is 1. The second-order valence-electron chi connectivity index (χ2n) is 7.23. The van der Waals surface area contributed by atoms with Crippen LogP contribution in [0.5, 0.6) is 11.5 Å². The molecule has 2 atom stereocenters. The van der Waals surface area contributed by atoms with Crippen LogP contribution in [0.25, 0.3) is 0 Å². The number of ether oxygens (including phenoxy) is 3. The first-order valence-electron chi connectivity index (χ1n) is 10.1. The van der Waals surface area contributed by atoms with Gasteiger partial charge in [-0.25, -0.2) is 4.79 Å². The van der Waals surface area contributed by atoms with Gasteiger partial charge in [-0.15, -0.1) is 11.8 Å². The lowest BCUT2D eigenvalue weighted by Gasteiger charge is -2.49. The fourth-order valence-corrected chi connectivity index (χ4v) is 4.94. The molecule has 1 N–H and O–H groups in total. The fraction of sp³-hybridized carbons (Fsp3) is 0.261. The van der Waals surface area contributed by atoms with Gasteiger partial charge in [-0.05, 0) is 29.8 Å². The van der Waals surface area contributed by atoms with E-state index in [1.54, 1.807) is 55.6 Å². The van der Waals surface area contributed by atoms with Crippen molar-refractivity contribution in [2.24, 2.45) is 0 Å². The van der Waals surface area contributed by atoms with Crippen molar-refractivity contribution in [2.45, 2.75) is 18.0 Å². The summed E-state index contributed by atoms with van der Waals surface area (Å²) >= 11 is 7.64. The molecule has 2 aliphatic rings. The van der Waals surface area contributed by atoms with Gasteiger partial charge in [0.15, 0.2) is 6.61 Å². The number of nitrogens with one attached hydrogen (secondary N) is 1. The number of amides is 2. The molecule has 0 saturated carbocycles. The minimum absolute atomic E-state index is 0.0185. The fourth-order valence-electron chi connectivity index (χ4n) is 3.39. The van der Waals surface area contributed by atoms with Gasteiger partial charge in [-0.2, -0.15) is 0 Å². The predicted molar refractivity (Wildman–Crippen MR) is 123 cm³/mol. The highest BCUT2D eigenvalue weighted by atomic mass is 35.5. The highest BCUT2D eigenvalue weighted by molar-refractivity contribution is 8.00. The second-order valence-corrected chi connectivity index (χ2v) is 8.80. The Kier molecular flexibility index (Phi) is 7.10. The van der Waals surface area contributed by atoms with E-state index in [2.05, 4.69) is 5.32 Å². The molecule has 8 nitrogen and oxygen atoms in total. The highest BCUT2D eigenvalue weighted by Gasteiger charge is 2.54. The number of para-hydroxylation sites is 1. The summed E-state index contributed by atoms with van der Waals surface area (Å²) in [6.45, 7) is -0.203. The SMILES string of the molecule is COc1ccc(COC(=O)C2=C(Cl)CS[C@@H]3C(NC(=O)COc4ccccc4)C(=O)N23)cc1. The summed E-state index contributed by atoms with van der Waals surface area (Å²) in [6, 6.07) is 15.2. The van der Waals surface area contributed by atoms with Gasteiger partial charge >= 0.3 is 5.97 Å². The molecule has 10 heteroatoms. The van der Waals surface area contributed by atoms with Crippen LogP contribution in [-0.4, -0.2) is 53.6 Å². The van der Waals surface area contributed by atoms with Crippen LogP contribution < -0.4 is 14.8 Å². The third-order valence-electron chi connectivity index (χ3n) is 5.07. The Labute approximate surface area is 199 Å². The van der Waals surface area contributed by atoms with E-state index in [1.165, 1.54) is 16.7 Å². The molecule has 2 amide bonds. The van der Waals surface area contributed by atoms with Crippen LogP contribution in [0.2, 0.25) is 0 Å². The van der Waals surface area contributed by atoms with E-state index in [4.69, 9.17) is 25.8 Å². The molecule has 0 aliphatic carbocycles. The Balaban J connectivity index is 1.34. The van der Waals surface area contributed by atoms with Gasteiger partial charge in [0.25, 0.3) is 11.8 Å². The Morgan fingerprint density at radius 1 is 1.12 bits per heavy atom.